The van der Waals surface area contributed by atoms with Crippen molar-refractivity contribution in [1.82, 2.24) is 0 Å². The molecule has 0 aliphatic heterocycles. The molecule has 0 aromatic carbocycles. The molecule has 5 unspecified atom stereocenters. The van der Waals surface area contributed by atoms with Crippen LogP contribution in [-0.2, 0) is 0 Å². The predicted molar refractivity (Wildman–Crippen MR) is 112 cm³/mol. The van der Waals surface area contributed by atoms with Crippen LogP contribution in [0.3, 0.4) is 0 Å². The largest absolute Gasteiger partial charge is 0.414 e. The number of halogens is 3. The smallest absolute Gasteiger partial charge is 0.390 e. The van der Waals surface area contributed by atoms with Gasteiger partial charge in [-0.1, -0.05) is 31.9 Å². The normalized spacial score (nSPS) is 47.1. The van der Waals surface area contributed by atoms with Crippen molar-refractivity contribution in [3.63, 3.8) is 0 Å². The van der Waals surface area contributed by atoms with Gasteiger partial charge in [-0.25, -0.2) is 0 Å². The lowest BCUT2D eigenvalue weighted by Crippen LogP contribution is -2.51. The summed E-state index contributed by atoms with van der Waals surface area (Å²) in [5.41, 5.74) is 1.34. The maximum atomic E-state index is 12.6. The van der Waals surface area contributed by atoms with E-state index >= 15 is 0 Å². The molecule has 30 heavy (non-hydrogen) atoms. The SMILES string of the molecule is CC12CCC3C(CC=C4C[C@@](C)(O)CC[C@@]43C)C1CC[C@@H]2CCCC(O)C(F)(F)F. The third-order valence-electron chi connectivity index (χ3n) is 9.98. The number of aliphatic hydroxyl groups excluding tert-OH is 1. The molecular weight excluding hydrogens is 389 g/mol. The minimum absolute atomic E-state index is 0.170. The Morgan fingerprint density at radius 2 is 1.80 bits per heavy atom. The van der Waals surface area contributed by atoms with Gasteiger partial charge in [-0.15, -0.1) is 0 Å². The van der Waals surface area contributed by atoms with Crippen LogP contribution < -0.4 is 0 Å². The first-order valence-corrected chi connectivity index (χ1v) is 12.0. The van der Waals surface area contributed by atoms with E-state index in [0.717, 1.165) is 38.5 Å². The Hall–Kier alpha value is -0.550. The summed E-state index contributed by atoms with van der Waals surface area (Å²) in [5.74, 6) is 2.49. The molecule has 4 rings (SSSR count). The van der Waals surface area contributed by atoms with Gasteiger partial charge in [0.2, 0.25) is 0 Å². The Labute approximate surface area is 179 Å². The monoisotopic (exact) mass is 428 g/mol. The van der Waals surface area contributed by atoms with E-state index < -0.39 is 17.9 Å². The lowest BCUT2D eigenvalue weighted by molar-refractivity contribution is -0.205. The first-order chi connectivity index (χ1) is 13.9. The van der Waals surface area contributed by atoms with Crippen molar-refractivity contribution in [2.45, 2.75) is 109 Å². The number of alkyl halides is 3. The Kier molecular flexibility index (Phi) is 5.66. The van der Waals surface area contributed by atoms with Crippen LogP contribution in [0.4, 0.5) is 13.2 Å². The number of rotatable bonds is 4. The second-order valence-electron chi connectivity index (χ2n) is 11.7. The minimum atomic E-state index is -4.49. The molecule has 172 valence electrons. The quantitative estimate of drug-likeness (QED) is 0.508. The Bertz CT molecular complexity index is 684. The molecule has 2 nitrogen and oxygen atoms in total. The number of allylic oxidation sites excluding steroid dienone is 1. The standard InChI is InChI=1S/C25H39F3O2/c1-22(30)13-14-24(3)17(15-22)7-9-18-19-10-8-16(23(19,2)12-11-20(18)24)5-4-6-21(29)25(26,27)28/h7,16,18-21,29-30H,4-6,8-15H2,1-3H3/t16-,18?,19?,20?,21?,22-,23?,24-/m0/s1. The zero-order valence-electron chi connectivity index (χ0n) is 18.8. The molecule has 4 aliphatic rings. The summed E-state index contributed by atoms with van der Waals surface area (Å²) in [6, 6.07) is 0. The Morgan fingerprint density at radius 1 is 1.07 bits per heavy atom. The third-order valence-corrected chi connectivity index (χ3v) is 9.98. The highest BCUT2D eigenvalue weighted by Crippen LogP contribution is 2.67. The van der Waals surface area contributed by atoms with Gasteiger partial charge in [-0.3, -0.25) is 0 Å². The zero-order chi connectivity index (χ0) is 21.9. The topological polar surface area (TPSA) is 40.5 Å². The zero-order valence-corrected chi connectivity index (χ0v) is 18.8. The van der Waals surface area contributed by atoms with Crippen LogP contribution in [0.5, 0.6) is 0 Å². The van der Waals surface area contributed by atoms with Gasteiger partial charge in [0.15, 0.2) is 0 Å². The fourth-order valence-electron chi connectivity index (χ4n) is 8.11. The molecule has 0 amide bonds. The predicted octanol–water partition coefficient (Wildman–Crippen LogP) is 6.41. The molecule has 0 radical (unpaired) electrons. The van der Waals surface area contributed by atoms with Gasteiger partial charge in [0.25, 0.3) is 0 Å². The molecule has 0 saturated heterocycles. The first kappa shape index (κ1) is 22.6. The van der Waals surface area contributed by atoms with Gasteiger partial charge >= 0.3 is 6.18 Å². The van der Waals surface area contributed by atoms with Crippen molar-refractivity contribution in [2.24, 2.45) is 34.5 Å². The van der Waals surface area contributed by atoms with E-state index in [1.54, 1.807) is 0 Å². The van der Waals surface area contributed by atoms with E-state index in [0.29, 0.717) is 30.1 Å². The number of fused-ring (bicyclic) bond motifs is 5. The summed E-state index contributed by atoms with van der Waals surface area (Å²) in [7, 11) is 0. The number of aliphatic hydroxyl groups is 2. The summed E-state index contributed by atoms with van der Waals surface area (Å²) >= 11 is 0. The average Bonchev–Trinajstić information content (AvgIpc) is 2.98. The van der Waals surface area contributed by atoms with E-state index in [4.69, 9.17) is 0 Å². The lowest BCUT2D eigenvalue weighted by atomic mass is 9.46. The summed E-state index contributed by atoms with van der Waals surface area (Å²) < 4.78 is 37.9. The molecule has 5 heteroatoms. The highest BCUT2D eigenvalue weighted by atomic mass is 19.4. The van der Waals surface area contributed by atoms with Crippen LogP contribution in [0.15, 0.2) is 11.6 Å². The molecule has 2 N–H and O–H groups in total. The Morgan fingerprint density at radius 3 is 2.50 bits per heavy atom. The van der Waals surface area contributed by atoms with Crippen LogP contribution in [0.25, 0.3) is 0 Å². The summed E-state index contributed by atoms with van der Waals surface area (Å²) in [6.07, 6.45) is 5.39. The van der Waals surface area contributed by atoms with Crippen LogP contribution in [-0.4, -0.2) is 28.1 Å². The van der Waals surface area contributed by atoms with E-state index in [-0.39, 0.29) is 17.3 Å². The van der Waals surface area contributed by atoms with Gasteiger partial charge in [-0.2, -0.15) is 13.2 Å². The van der Waals surface area contributed by atoms with Crippen molar-refractivity contribution >= 4 is 0 Å². The lowest BCUT2D eigenvalue weighted by Gasteiger charge is -2.59. The molecule has 0 aromatic heterocycles. The molecule has 4 aliphatic carbocycles. The molecule has 3 saturated carbocycles. The average molecular weight is 429 g/mol. The fraction of sp³-hybridized carbons (Fsp3) is 0.920. The maximum absolute atomic E-state index is 12.6. The maximum Gasteiger partial charge on any atom is 0.414 e. The van der Waals surface area contributed by atoms with E-state index in [1.807, 2.05) is 6.92 Å². The second-order valence-corrected chi connectivity index (χ2v) is 11.7. The number of hydrogen-bond acceptors (Lipinski definition) is 2. The van der Waals surface area contributed by atoms with Gasteiger partial charge in [0.05, 0.1) is 5.60 Å². The minimum Gasteiger partial charge on any atom is -0.390 e. The number of hydrogen-bond donors (Lipinski definition) is 2. The van der Waals surface area contributed by atoms with Crippen LogP contribution in [0, 0.1) is 34.5 Å². The van der Waals surface area contributed by atoms with Crippen molar-refractivity contribution in [3.8, 4) is 0 Å². The van der Waals surface area contributed by atoms with Gasteiger partial charge in [-0.05, 0) is 106 Å². The van der Waals surface area contributed by atoms with E-state index in [2.05, 4.69) is 19.9 Å². The molecule has 0 spiro atoms. The fourth-order valence-corrected chi connectivity index (χ4v) is 8.11. The molecule has 0 aromatic rings. The van der Waals surface area contributed by atoms with Crippen LogP contribution in [0.2, 0.25) is 0 Å². The van der Waals surface area contributed by atoms with E-state index in [1.165, 1.54) is 24.8 Å². The van der Waals surface area contributed by atoms with Crippen LogP contribution in [0.1, 0.15) is 91.4 Å². The molecular formula is C25H39F3O2. The van der Waals surface area contributed by atoms with Gasteiger partial charge in [0, 0.05) is 0 Å². The molecule has 0 heterocycles. The molecule has 3 fully saturated rings. The highest BCUT2D eigenvalue weighted by Gasteiger charge is 2.58. The second kappa shape index (κ2) is 7.50. The van der Waals surface area contributed by atoms with Gasteiger partial charge < -0.3 is 10.2 Å². The Balaban J connectivity index is 1.44. The van der Waals surface area contributed by atoms with Gasteiger partial charge in [0.1, 0.15) is 6.10 Å². The van der Waals surface area contributed by atoms with E-state index in [9.17, 15) is 23.4 Å². The van der Waals surface area contributed by atoms with Crippen molar-refractivity contribution in [3.05, 3.63) is 11.6 Å². The highest BCUT2D eigenvalue weighted by molar-refractivity contribution is 5.26. The van der Waals surface area contributed by atoms with Crippen LogP contribution >= 0.6 is 0 Å². The van der Waals surface area contributed by atoms with Crippen molar-refractivity contribution in [2.75, 3.05) is 0 Å². The van der Waals surface area contributed by atoms with Crippen molar-refractivity contribution in [1.29, 1.82) is 0 Å². The van der Waals surface area contributed by atoms with Crippen molar-refractivity contribution < 1.29 is 23.4 Å². The third kappa shape index (κ3) is 3.76. The summed E-state index contributed by atoms with van der Waals surface area (Å²) in [5, 5.41) is 19.9. The summed E-state index contributed by atoms with van der Waals surface area (Å²) in [6.45, 7) is 6.80. The summed E-state index contributed by atoms with van der Waals surface area (Å²) in [4.78, 5) is 0. The molecule has 0 bridgehead atoms. The molecule has 8 atom stereocenters. The first-order valence-electron chi connectivity index (χ1n) is 12.0.